The summed E-state index contributed by atoms with van der Waals surface area (Å²) in [5.74, 6) is -1.03. The molecule has 0 bridgehead atoms. The number of benzene rings is 3. The minimum absolute atomic E-state index is 0.127. The molecule has 9 heteroatoms. The van der Waals surface area contributed by atoms with Crippen molar-refractivity contribution in [1.82, 2.24) is 14.9 Å². The summed E-state index contributed by atoms with van der Waals surface area (Å²) in [6, 6.07) is 21.4. The Morgan fingerprint density at radius 3 is 2.50 bits per heavy atom. The summed E-state index contributed by atoms with van der Waals surface area (Å²) in [6.45, 7) is 1.61. The highest BCUT2D eigenvalue weighted by molar-refractivity contribution is 5.97. The summed E-state index contributed by atoms with van der Waals surface area (Å²) in [6.07, 6.45) is -1.54. The summed E-state index contributed by atoms with van der Waals surface area (Å²) in [4.78, 5) is 24.4. The van der Waals surface area contributed by atoms with Crippen molar-refractivity contribution in [3.8, 4) is 16.9 Å². The molecule has 36 heavy (non-hydrogen) atoms. The summed E-state index contributed by atoms with van der Waals surface area (Å²) < 4.78 is 43.0. The Bertz CT molecular complexity index is 1340. The predicted molar refractivity (Wildman–Crippen MR) is 129 cm³/mol. The predicted octanol–water partition coefficient (Wildman–Crippen LogP) is 5.64. The maximum Gasteiger partial charge on any atom is 0.573 e. The lowest BCUT2D eigenvalue weighted by molar-refractivity contribution is -0.274. The fourth-order valence-corrected chi connectivity index (χ4v) is 4.42. The summed E-state index contributed by atoms with van der Waals surface area (Å²) >= 11 is 0. The Balaban J connectivity index is 1.50. The lowest BCUT2D eigenvalue weighted by Crippen LogP contribution is -2.35. The largest absolute Gasteiger partial charge is 0.573 e. The van der Waals surface area contributed by atoms with Crippen molar-refractivity contribution in [3.63, 3.8) is 0 Å². The van der Waals surface area contributed by atoms with E-state index < -0.39 is 18.0 Å². The van der Waals surface area contributed by atoms with Crippen molar-refractivity contribution in [1.29, 1.82) is 0 Å². The molecular formula is C27H23F3N4O2. The molecule has 1 aromatic heterocycles. The number of hydrogen-bond donors (Lipinski definition) is 1. The average molecular weight is 493 g/mol. The summed E-state index contributed by atoms with van der Waals surface area (Å²) in [5.41, 5.74) is 4.67. The number of imidazole rings is 1. The quantitative estimate of drug-likeness (QED) is 0.392. The van der Waals surface area contributed by atoms with Gasteiger partial charge in [0.2, 0.25) is 0 Å². The van der Waals surface area contributed by atoms with Gasteiger partial charge in [0.1, 0.15) is 5.75 Å². The number of para-hydroxylation sites is 1. The number of nitrogens with zero attached hydrogens (tertiary/aromatic N) is 3. The van der Waals surface area contributed by atoms with Gasteiger partial charge in [-0.05, 0) is 41.0 Å². The number of aromatic amines is 1. The molecule has 1 N–H and O–H groups in total. The molecule has 0 saturated carbocycles. The van der Waals surface area contributed by atoms with E-state index in [4.69, 9.17) is 0 Å². The van der Waals surface area contributed by atoms with Gasteiger partial charge >= 0.3 is 6.36 Å². The van der Waals surface area contributed by atoms with Crippen LogP contribution in [0.4, 0.5) is 18.9 Å². The first kappa shape index (κ1) is 23.5. The highest BCUT2D eigenvalue weighted by atomic mass is 19.4. The van der Waals surface area contributed by atoms with Crippen LogP contribution >= 0.6 is 0 Å². The van der Waals surface area contributed by atoms with Gasteiger partial charge in [-0.1, -0.05) is 48.5 Å². The van der Waals surface area contributed by atoms with E-state index in [-0.39, 0.29) is 12.1 Å². The van der Waals surface area contributed by atoms with Crippen molar-refractivity contribution in [2.75, 3.05) is 18.0 Å². The second-order valence-electron chi connectivity index (χ2n) is 8.48. The van der Waals surface area contributed by atoms with Crippen LogP contribution in [0.3, 0.4) is 0 Å². The van der Waals surface area contributed by atoms with E-state index in [1.165, 1.54) is 18.2 Å². The van der Waals surface area contributed by atoms with E-state index in [0.29, 0.717) is 19.6 Å². The Labute approximate surface area is 206 Å². The zero-order valence-corrected chi connectivity index (χ0v) is 19.2. The van der Waals surface area contributed by atoms with Crippen LogP contribution in [0.5, 0.6) is 5.75 Å². The first-order valence-electron chi connectivity index (χ1n) is 11.4. The minimum atomic E-state index is -4.90. The SMILES string of the molecule is O=C(c1ccccc1OC(F)(F)F)N1CCN(Cc2cnc[nH]2)c2ccc(-c3ccccc3)cc2C1. The van der Waals surface area contributed by atoms with Crippen LogP contribution in [0.1, 0.15) is 21.6 Å². The van der Waals surface area contributed by atoms with Gasteiger partial charge in [0.05, 0.1) is 24.1 Å². The monoisotopic (exact) mass is 492 g/mol. The molecule has 0 saturated heterocycles. The number of anilines is 1. The third-order valence-electron chi connectivity index (χ3n) is 6.07. The molecular weight excluding hydrogens is 469 g/mol. The maximum absolute atomic E-state index is 13.5. The van der Waals surface area contributed by atoms with Crippen molar-refractivity contribution in [2.45, 2.75) is 19.5 Å². The van der Waals surface area contributed by atoms with Crippen LogP contribution in [-0.4, -0.2) is 40.2 Å². The molecule has 0 radical (unpaired) electrons. The van der Waals surface area contributed by atoms with Gasteiger partial charge in [-0.3, -0.25) is 4.79 Å². The average Bonchev–Trinajstić information content (AvgIpc) is 3.31. The molecule has 0 fully saturated rings. The minimum Gasteiger partial charge on any atom is -0.405 e. The van der Waals surface area contributed by atoms with E-state index in [0.717, 1.165) is 34.1 Å². The van der Waals surface area contributed by atoms with Gasteiger partial charge < -0.3 is 19.5 Å². The second kappa shape index (κ2) is 9.77. The summed E-state index contributed by atoms with van der Waals surface area (Å²) in [7, 11) is 0. The van der Waals surface area contributed by atoms with E-state index in [1.807, 2.05) is 48.5 Å². The number of carbonyl (C=O) groups is 1. The van der Waals surface area contributed by atoms with Crippen LogP contribution in [0.25, 0.3) is 11.1 Å². The van der Waals surface area contributed by atoms with Crippen molar-refractivity contribution in [2.24, 2.45) is 0 Å². The van der Waals surface area contributed by atoms with Crippen molar-refractivity contribution < 1.29 is 22.7 Å². The van der Waals surface area contributed by atoms with E-state index in [9.17, 15) is 18.0 Å². The van der Waals surface area contributed by atoms with Crippen LogP contribution in [0, 0.1) is 0 Å². The number of amides is 1. The fraction of sp³-hybridized carbons (Fsp3) is 0.185. The lowest BCUT2D eigenvalue weighted by atomic mass is 10.0. The molecule has 1 aliphatic rings. The molecule has 6 nitrogen and oxygen atoms in total. The summed E-state index contributed by atoms with van der Waals surface area (Å²) in [5, 5.41) is 0. The standard InChI is InChI=1S/C27H23F3N4O2/c28-27(29,30)36-25-9-5-4-8-23(25)26(35)34-13-12-33(17-22-15-31-18-32-22)24-11-10-20(14-21(24)16-34)19-6-2-1-3-7-19/h1-11,14-15,18H,12-13,16-17H2,(H,31,32). The number of rotatable bonds is 5. The molecule has 0 aliphatic carbocycles. The van der Waals surface area contributed by atoms with Crippen LogP contribution in [-0.2, 0) is 13.1 Å². The first-order valence-corrected chi connectivity index (χ1v) is 11.4. The third kappa shape index (κ3) is 5.19. The smallest absolute Gasteiger partial charge is 0.405 e. The fourth-order valence-electron chi connectivity index (χ4n) is 4.42. The lowest BCUT2D eigenvalue weighted by Gasteiger charge is -2.24. The Kier molecular flexibility index (Phi) is 6.37. The number of hydrogen-bond acceptors (Lipinski definition) is 4. The maximum atomic E-state index is 13.5. The number of H-pyrrole nitrogens is 1. The zero-order chi connectivity index (χ0) is 25.1. The number of fused-ring (bicyclic) bond motifs is 1. The van der Waals surface area contributed by atoms with Crippen LogP contribution < -0.4 is 9.64 Å². The number of nitrogens with one attached hydrogen (secondary N) is 1. The second-order valence-corrected chi connectivity index (χ2v) is 8.48. The van der Waals surface area contributed by atoms with Gasteiger partial charge in [-0.25, -0.2) is 4.98 Å². The Hall–Kier alpha value is -4.27. The highest BCUT2D eigenvalue weighted by Crippen LogP contribution is 2.33. The molecule has 1 amide bonds. The van der Waals surface area contributed by atoms with Gasteiger partial charge in [-0.15, -0.1) is 13.2 Å². The van der Waals surface area contributed by atoms with Gasteiger partial charge in [0, 0.05) is 31.5 Å². The van der Waals surface area contributed by atoms with E-state index >= 15 is 0 Å². The topological polar surface area (TPSA) is 61.5 Å². The molecule has 1 aliphatic heterocycles. The molecule has 184 valence electrons. The molecule has 2 heterocycles. The van der Waals surface area contributed by atoms with Gasteiger partial charge in [0.25, 0.3) is 5.91 Å². The normalized spacial score (nSPS) is 13.8. The molecule has 0 unspecified atom stereocenters. The van der Waals surface area contributed by atoms with E-state index in [1.54, 1.807) is 17.4 Å². The van der Waals surface area contributed by atoms with E-state index in [2.05, 4.69) is 19.6 Å². The first-order chi connectivity index (χ1) is 17.4. The molecule has 5 rings (SSSR count). The molecule has 0 atom stereocenters. The van der Waals surface area contributed by atoms with Crippen LogP contribution in [0.15, 0.2) is 85.3 Å². The molecule has 0 spiro atoms. The van der Waals surface area contributed by atoms with Gasteiger partial charge in [-0.2, -0.15) is 0 Å². The van der Waals surface area contributed by atoms with Crippen molar-refractivity contribution >= 4 is 11.6 Å². The third-order valence-corrected chi connectivity index (χ3v) is 6.07. The number of carbonyl (C=O) groups excluding carboxylic acids is 1. The van der Waals surface area contributed by atoms with Gasteiger partial charge in [0.15, 0.2) is 0 Å². The Morgan fingerprint density at radius 2 is 1.75 bits per heavy atom. The zero-order valence-electron chi connectivity index (χ0n) is 19.2. The number of ether oxygens (including phenoxy) is 1. The molecule has 3 aromatic carbocycles. The Morgan fingerprint density at radius 1 is 0.972 bits per heavy atom. The number of aromatic nitrogens is 2. The number of alkyl halides is 3. The molecule has 4 aromatic rings. The van der Waals surface area contributed by atoms with Crippen LogP contribution in [0.2, 0.25) is 0 Å². The van der Waals surface area contributed by atoms with Crippen molar-refractivity contribution in [3.05, 3.63) is 102 Å². The number of halogens is 3. The highest BCUT2D eigenvalue weighted by Gasteiger charge is 2.34.